The molecule has 0 aromatic carbocycles. The lowest BCUT2D eigenvalue weighted by Gasteiger charge is -2.21. The lowest BCUT2D eigenvalue weighted by atomic mass is 10.2. The highest BCUT2D eigenvalue weighted by Crippen LogP contribution is 2.18. The third kappa shape index (κ3) is 1.44. The van der Waals surface area contributed by atoms with E-state index in [0.717, 1.165) is 25.5 Å². The fraction of sp³-hybridized carbons (Fsp3) is 0.500. The molecule has 1 N–H and O–H groups in total. The quantitative estimate of drug-likeness (QED) is 0.652. The molecule has 0 spiro atoms. The number of rotatable bonds is 1. The number of ether oxygens (including phenoxy) is 1. The maximum Gasteiger partial charge on any atom is 0.133 e. The number of nitrogens with one attached hydrogen (secondary N) is 1. The van der Waals surface area contributed by atoms with Gasteiger partial charge in [-0.3, -0.25) is 0 Å². The van der Waals surface area contributed by atoms with Gasteiger partial charge in [-0.25, -0.2) is 0 Å². The van der Waals surface area contributed by atoms with Crippen molar-refractivity contribution in [1.29, 1.82) is 0 Å². The Hall–Kier alpha value is -0.800. The molecule has 0 bridgehead atoms. The SMILES string of the molecule is c1coc([C@@H]2CNCCO2)c1. The molecule has 11 heavy (non-hydrogen) atoms. The van der Waals surface area contributed by atoms with Crippen LogP contribution in [0, 0.1) is 0 Å². The second-order valence-electron chi connectivity index (χ2n) is 2.58. The molecule has 1 saturated heterocycles. The molecule has 1 aromatic heterocycles. The summed E-state index contributed by atoms with van der Waals surface area (Å²) in [5.41, 5.74) is 0. The average Bonchev–Trinajstić information content (AvgIpc) is 2.58. The Morgan fingerprint density at radius 3 is 3.18 bits per heavy atom. The van der Waals surface area contributed by atoms with Crippen LogP contribution in [0.2, 0.25) is 0 Å². The number of hydrogen-bond donors (Lipinski definition) is 1. The van der Waals surface area contributed by atoms with Crippen LogP contribution in [0.25, 0.3) is 0 Å². The van der Waals surface area contributed by atoms with Crippen molar-refractivity contribution < 1.29 is 9.15 Å². The van der Waals surface area contributed by atoms with Crippen LogP contribution in [-0.2, 0) is 4.74 Å². The molecule has 2 rings (SSSR count). The Morgan fingerprint density at radius 2 is 2.55 bits per heavy atom. The van der Waals surface area contributed by atoms with Crippen molar-refractivity contribution in [3.05, 3.63) is 24.2 Å². The average molecular weight is 153 g/mol. The van der Waals surface area contributed by atoms with Crippen molar-refractivity contribution in [2.75, 3.05) is 19.7 Å². The van der Waals surface area contributed by atoms with E-state index in [1.54, 1.807) is 6.26 Å². The summed E-state index contributed by atoms with van der Waals surface area (Å²) >= 11 is 0. The number of furan rings is 1. The molecule has 3 heteroatoms. The predicted molar refractivity (Wildman–Crippen MR) is 40.3 cm³/mol. The zero-order chi connectivity index (χ0) is 7.52. The molecule has 0 amide bonds. The molecule has 0 aliphatic carbocycles. The highest BCUT2D eigenvalue weighted by atomic mass is 16.5. The Kier molecular flexibility index (Phi) is 1.92. The van der Waals surface area contributed by atoms with Gasteiger partial charge in [0.25, 0.3) is 0 Å². The van der Waals surface area contributed by atoms with Crippen molar-refractivity contribution in [3.8, 4) is 0 Å². The first-order valence-electron chi connectivity index (χ1n) is 3.82. The van der Waals surface area contributed by atoms with Gasteiger partial charge in [-0.05, 0) is 12.1 Å². The van der Waals surface area contributed by atoms with Crippen LogP contribution in [0.5, 0.6) is 0 Å². The first-order valence-corrected chi connectivity index (χ1v) is 3.82. The monoisotopic (exact) mass is 153 g/mol. The second kappa shape index (κ2) is 3.07. The molecule has 0 radical (unpaired) electrons. The van der Waals surface area contributed by atoms with E-state index < -0.39 is 0 Å². The van der Waals surface area contributed by atoms with Gasteiger partial charge in [-0.1, -0.05) is 0 Å². The molecule has 1 atom stereocenters. The normalized spacial score (nSPS) is 25.3. The lowest BCUT2D eigenvalue weighted by molar-refractivity contribution is 0.0143. The summed E-state index contributed by atoms with van der Waals surface area (Å²) in [6, 6.07) is 3.82. The van der Waals surface area contributed by atoms with E-state index in [4.69, 9.17) is 9.15 Å². The minimum absolute atomic E-state index is 0.110. The van der Waals surface area contributed by atoms with E-state index in [-0.39, 0.29) is 6.10 Å². The van der Waals surface area contributed by atoms with Gasteiger partial charge in [0.1, 0.15) is 11.9 Å². The molecule has 3 nitrogen and oxygen atoms in total. The Morgan fingerprint density at radius 1 is 1.55 bits per heavy atom. The van der Waals surface area contributed by atoms with Gasteiger partial charge < -0.3 is 14.5 Å². The molecule has 1 aliphatic heterocycles. The molecule has 0 saturated carbocycles. The zero-order valence-electron chi connectivity index (χ0n) is 6.25. The van der Waals surface area contributed by atoms with Crippen molar-refractivity contribution in [1.82, 2.24) is 5.32 Å². The van der Waals surface area contributed by atoms with Gasteiger partial charge in [0.15, 0.2) is 0 Å². The van der Waals surface area contributed by atoms with Crippen LogP contribution in [-0.4, -0.2) is 19.7 Å². The molecule has 1 aliphatic rings. The van der Waals surface area contributed by atoms with Crippen LogP contribution in [0.3, 0.4) is 0 Å². The van der Waals surface area contributed by atoms with Crippen molar-refractivity contribution in [2.45, 2.75) is 6.10 Å². The number of morpholine rings is 1. The zero-order valence-corrected chi connectivity index (χ0v) is 6.25. The minimum Gasteiger partial charge on any atom is -0.467 e. The van der Waals surface area contributed by atoms with Gasteiger partial charge in [0.2, 0.25) is 0 Å². The summed E-state index contributed by atoms with van der Waals surface area (Å²) in [6.07, 6.45) is 1.78. The van der Waals surface area contributed by atoms with E-state index in [2.05, 4.69) is 5.32 Å². The molecule has 1 fully saturated rings. The summed E-state index contributed by atoms with van der Waals surface area (Å²) in [7, 11) is 0. The van der Waals surface area contributed by atoms with Gasteiger partial charge in [-0.15, -0.1) is 0 Å². The largest absolute Gasteiger partial charge is 0.467 e. The van der Waals surface area contributed by atoms with E-state index in [1.807, 2.05) is 12.1 Å². The number of hydrogen-bond acceptors (Lipinski definition) is 3. The van der Waals surface area contributed by atoms with Gasteiger partial charge >= 0.3 is 0 Å². The predicted octanol–water partition coefficient (Wildman–Crippen LogP) is 0.940. The van der Waals surface area contributed by atoms with E-state index in [1.165, 1.54) is 0 Å². The smallest absolute Gasteiger partial charge is 0.133 e. The van der Waals surface area contributed by atoms with Crippen LogP contribution >= 0.6 is 0 Å². The highest BCUT2D eigenvalue weighted by Gasteiger charge is 2.17. The van der Waals surface area contributed by atoms with Crippen molar-refractivity contribution >= 4 is 0 Å². The fourth-order valence-corrected chi connectivity index (χ4v) is 1.22. The Bertz CT molecular complexity index is 202. The molecule has 60 valence electrons. The van der Waals surface area contributed by atoms with E-state index >= 15 is 0 Å². The van der Waals surface area contributed by atoms with E-state index in [9.17, 15) is 0 Å². The fourth-order valence-electron chi connectivity index (χ4n) is 1.22. The second-order valence-corrected chi connectivity index (χ2v) is 2.58. The van der Waals surface area contributed by atoms with Crippen molar-refractivity contribution in [2.24, 2.45) is 0 Å². The first kappa shape index (κ1) is 6.88. The molecule has 2 heterocycles. The van der Waals surface area contributed by atoms with Gasteiger partial charge in [-0.2, -0.15) is 0 Å². The Labute approximate surface area is 65.3 Å². The van der Waals surface area contributed by atoms with Crippen LogP contribution in [0.15, 0.2) is 22.8 Å². The lowest BCUT2D eigenvalue weighted by Crippen LogP contribution is -2.33. The summed E-state index contributed by atoms with van der Waals surface area (Å²) in [6.45, 7) is 2.57. The molecule has 0 unspecified atom stereocenters. The summed E-state index contributed by atoms with van der Waals surface area (Å²) in [5, 5.41) is 3.24. The third-order valence-corrected chi connectivity index (χ3v) is 1.79. The summed E-state index contributed by atoms with van der Waals surface area (Å²) in [5.74, 6) is 0.914. The molecular weight excluding hydrogens is 142 g/mol. The van der Waals surface area contributed by atoms with Crippen LogP contribution in [0.4, 0.5) is 0 Å². The van der Waals surface area contributed by atoms with Crippen LogP contribution in [0.1, 0.15) is 11.9 Å². The van der Waals surface area contributed by atoms with Gasteiger partial charge in [0.05, 0.1) is 12.9 Å². The maximum absolute atomic E-state index is 5.47. The summed E-state index contributed by atoms with van der Waals surface area (Å²) < 4.78 is 10.7. The minimum atomic E-state index is 0.110. The van der Waals surface area contributed by atoms with Gasteiger partial charge in [0, 0.05) is 13.1 Å². The maximum atomic E-state index is 5.47. The standard InChI is InChI=1S/C8H11NO2/c1-2-7(10-4-1)8-6-9-3-5-11-8/h1-2,4,8-9H,3,5-6H2/t8-/m0/s1. The summed E-state index contributed by atoms with van der Waals surface area (Å²) in [4.78, 5) is 0. The van der Waals surface area contributed by atoms with Crippen LogP contribution < -0.4 is 5.32 Å². The topological polar surface area (TPSA) is 34.4 Å². The highest BCUT2D eigenvalue weighted by molar-refractivity contribution is 5.03. The Balaban J connectivity index is 2.04. The van der Waals surface area contributed by atoms with E-state index in [0.29, 0.717) is 0 Å². The first-order chi connectivity index (χ1) is 5.47. The van der Waals surface area contributed by atoms with Crippen molar-refractivity contribution in [3.63, 3.8) is 0 Å². The third-order valence-electron chi connectivity index (χ3n) is 1.79. The molecular formula is C8H11NO2. The molecule has 1 aromatic rings.